The minimum Gasteiger partial charge on any atom is -0.385 e. The normalized spacial score (nSPS) is 24.1. The van der Waals surface area contributed by atoms with E-state index in [1.54, 1.807) is 0 Å². The van der Waals surface area contributed by atoms with Gasteiger partial charge in [0.15, 0.2) is 0 Å². The lowest BCUT2D eigenvalue weighted by molar-refractivity contribution is -0.0169. The Balaban J connectivity index is 1.48. The van der Waals surface area contributed by atoms with E-state index in [9.17, 15) is 9.90 Å². The average Bonchev–Trinajstić information content (AvgIpc) is 2.67. The molecule has 1 aromatic rings. The van der Waals surface area contributed by atoms with E-state index in [0.29, 0.717) is 32.0 Å². The maximum Gasteiger partial charge on any atom is 0.317 e. The average molecular weight is 345 g/mol. The second kappa shape index (κ2) is 8.19. The third-order valence-corrected chi connectivity index (χ3v) is 5.83. The smallest absolute Gasteiger partial charge is 0.317 e. The Kier molecular flexibility index (Phi) is 5.97. The fraction of sp³-hybridized carbons (Fsp3) is 0.650. The molecule has 1 aromatic carbocycles. The third kappa shape index (κ3) is 4.33. The quantitative estimate of drug-likeness (QED) is 0.882. The summed E-state index contributed by atoms with van der Waals surface area (Å²) < 4.78 is 0. The summed E-state index contributed by atoms with van der Waals surface area (Å²) in [5.41, 5.74) is 0.149. The largest absolute Gasteiger partial charge is 0.385 e. The van der Waals surface area contributed by atoms with Gasteiger partial charge in [0.05, 0.1) is 5.60 Å². The van der Waals surface area contributed by atoms with Crippen molar-refractivity contribution in [2.45, 2.75) is 50.7 Å². The molecule has 0 aromatic heterocycles. The number of carbonyl (C=O) groups excluding carboxylic acids is 1. The number of rotatable bonds is 4. The van der Waals surface area contributed by atoms with Crippen molar-refractivity contribution in [3.05, 3.63) is 35.9 Å². The van der Waals surface area contributed by atoms with Crippen molar-refractivity contribution in [3.63, 3.8) is 0 Å². The predicted molar refractivity (Wildman–Crippen MR) is 99.4 cm³/mol. The van der Waals surface area contributed by atoms with Gasteiger partial charge < -0.3 is 15.3 Å². The molecule has 5 nitrogen and oxygen atoms in total. The van der Waals surface area contributed by atoms with Crippen LogP contribution in [0.15, 0.2) is 30.3 Å². The summed E-state index contributed by atoms with van der Waals surface area (Å²) >= 11 is 0. The number of carbonyl (C=O) groups is 1. The first kappa shape index (κ1) is 18.2. The summed E-state index contributed by atoms with van der Waals surface area (Å²) in [4.78, 5) is 16.8. The van der Waals surface area contributed by atoms with Crippen LogP contribution in [0.4, 0.5) is 4.79 Å². The Bertz CT molecular complexity index is 555. The zero-order chi connectivity index (χ0) is 17.7. The molecule has 1 atom stereocenters. The Labute approximate surface area is 151 Å². The molecular weight excluding hydrogens is 314 g/mol. The number of aliphatic hydroxyl groups is 1. The number of nitrogens with zero attached hydrogens (tertiary/aromatic N) is 2. The first-order valence-electron chi connectivity index (χ1n) is 9.67. The number of amides is 2. The molecule has 0 saturated carbocycles. The summed E-state index contributed by atoms with van der Waals surface area (Å²) in [5, 5.41) is 14.0. The van der Waals surface area contributed by atoms with Gasteiger partial charge in [-0.2, -0.15) is 0 Å². The first-order valence-corrected chi connectivity index (χ1v) is 9.67. The number of benzene rings is 1. The molecule has 0 bridgehead atoms. The fourth-order valence-corrected chi connectivity index (χ4v) is 4.14. The maximum absolute atomic E-state index is 12.5. The molecule has 138 valence electrons. The Morgan fingerprint density at radius 1 is 1.20 bits per heavy atom. The van der Waals surface area contributed by atoms with Crippen LogP contribution in [0.25, 0.3) is 0 Å². The monoisotopic (exact) mass is 345 g/mol. The lowest BCUT2D eigenvalue weighted by Gasteiger charge is -2.39. The van der Waals surface area contributed by atoms with Crippen LogP contribution in [0.2, 0.25) is 0 Å². The lowest BCUT2D eigenvalue weighted by Crippen LogP contribution is -2.52. The molecule has 0 radical (unpaired) electrons. The molecule has 5 heteroatoms. The maximum atomic E-state index is 12.5. The van der Waals surface area contributed by atoms with Crippen molar-refractivity contribution in [1.29, 1.82) is 0 Å². The van der Waals surface area contributed by atoms with Gasteiger partial charge in [0.25, 0.3) is 0 Å². The van der Waals surface area contributed by atoms with Crippen LogP contribution in [0, 0.1) is 0 Å². The van der Waals surface area contributed by atoms with E-state index in [2.05, 4.69) is 17.1 Å². The highest BCUT2D eigenvalue weighted by molar-refractivity contribution is 5.74. The van der Waals surface area contributed by atoms with E-state index in [-0.39, 0.29) is 6.03 Å². The van der Waals surface area contributed by atoms with Crippen LogP contribution in [0.1, 0.15) is 44.6 Å². The molecule has 0 aliphatic carbocycles. The number of urea groups is 1. The highest BCUT2D eigenvalue weighted by atomic mass is 16.3. The minimum absolute atomic E-state index is 0.0109. The fourth-order valence-electron chi connectivity index (χ4n) is 4.14. The van der Waals surface area contributed by atoms with Crippen LogP contribution in [-0.2, 0) is 5.60 Å². The molecule has 2 heterocycles. The van der Waals surface area contributed by atoms with E-state index in [0.717, 1.165) is 25.2 Å². The van der Waals surface area contributed by atoms with Gasteiger partial charge in [0, 0.05) is 25.7 Å². The predicted octanol–water partition coefficient (Wildman–Crippen LogP) is 2.55. The number of nitrogens with one attached hydrogen (secondary N) is 1. The van der Waals surface area contributed by atoms with Crippen LogP contribution in [0.5, 0.6) is 0 Å². The summed E-state index contributed by atoms with van der Waals surface area (Å²) in [6, 6.07) is 10.3. The molecule has 2 aliphatic rings. The molecule has 2 N–H and O–H groups in total. The SMILES string of the molecule is CCN1CCCCC1CNC(=O)N1CCC(O)(c2ccccc2)CC1. The van der Waals surface area contributed by atoms with Gasteiger partial charge in [-0.05, 0) is 44.3 Å². The van der Waals surface area contributed by atoms with Crippen LogP contribution >= 0.6 is 0 Å². The Morgan fingerprint density at radius 3 is 2.60 bits per heavy atom. The molecule has 2 fully saturated rings. The van der Waals surface area contributed by atoms with Crippen LogP contribution in [0.3, 0.4) is 0 Å². The minimum atomic E-state index is -0.805. The second-order valence-electron chi connectivity index (χ2n) is 7.35. The summed E-state index contributed by atoms with van der Waals surface area (Å²) in [5.74, 6) is 0. The van der Waals surface area contributed by atoms with Crippen molar-refractivity contribution < 1.29 is 9.90 Å². The van der Waals surface area contributed by atoms with E-state index in [4.69, 9.17) is 0 Å². The molecule has 2 amide bonds. The van der Waals surface area contributed by atoms with Gasteiger partial charge >= 0.3 is 6.03 Å². The summed E-state index contributed by atoms with van der Waals surface area (Å²) in [6.07, 6.45) is 4.87. The van der Waals surface area contributed by atoms with Crippen molar-refractivity contribution in [2.24, 2.45) is 0 Å². The molecule has 2 aliphatic heterocycles. The van der Waals surface area contributed by atoms with Gasteiger partial charge in [-0.15, -0.1) is 0 Å². The van der Waals surface area contributed by atoms with Gasteiger partial charge in [-0.3, -0.25) is 4.90 Å². The zero-order valence-corrected chi connectivity index (χ0v) is 15.3. The van der Waals surface area contributed by atoms with Gasteiger partial charge in [-0.25, -0.2) is 4.79 Å². The number of hydrogen-bond donors (Lipinski definition) is 2. The van der Waals surface area contributed by atoms with Crippen molar-refractivity contribution in [2.75, 3.05) is 32.7 Å². The highest BCUT2D eigenvalue weighted by Crippen LogP contribution is 2.32. The van der Waals surface area contributed by atoms with E-state index >= 15 is 0 Å². The number of likely N-dealkylation sites (N-methyl/N-ethyl adjacent to an activating group) is 1. The molecular formula is C20H31N3O2. The van der Waals surface area contributed by atoms with E-state index in [1.165, 1.54) is 19.3 Å². The van der Waals surface area contributed by atoms with Crippen molar-refractivity contribution in [1.82, 2.24) is 15.1 Å². The summed E-state index contributed by atoms with van der Waals surface area (Å²) in [7, 11) is 0. The zero-order valence-electron chi connectivity index (χ0n) is 15.3. The van der Waals surface area contributed by atoms with Crippen LogP contribution < -0.4 is 5.32 Å². The molecule has 2 saturated heterocycles. The van der Waals surface area contributed by atoms with Gasteiger partial charge in [0.2, 0.25) is 0 Å². The third-order valence-electron chi connectivity index (χ3n) is 5.83. The molecule has 1 unspecified atom stereocenters. The second-order valence-corrected chi connectivity index (χ2v) is 7.35. The Hall–Kier alpha value is -1.59. The number of piperidine rings is 2. The number of hydrogen-bond acceptors (Lipinski definition) is 3. The highest BCUT2D eigenvalue weighted by Gasteiger charge is 2.35. The number of likely N-dealkylation sites (tertiary alicyclic amines) is 2. The molecule has 3 rings (SSSR count). The molecule has 25 heavy (non-hydrogen) atoms. The van der Waals surface area contributed by atoms with Crippen molar-refractivity contribution >= 4 is 6.03 Å². The topological polar surface area (TPSA) is 55.8 Å². The summed E-state index contributed by atoms with van der Waals surface area (Å²) in [6.45, 7) is 6.30. The lowest BCUT2D eigenvalue weighted by atomic mass is 9.84. The van der Waals surface area contributed by atoms with E-state index < -0.39 is 5.60 Å². The Morgan fingerprint density at radius 2 is 1.92 bits per heavy atom. The van der Waals surface area contributed by atoms with Crippen LogP contribution in [-0.4, -0.2) is 59.7 Å². The van der Waals surface area contributed by atoms with Gasteiger partial charge in [-0.1, -0.05) is 43.7 Å². The van der Waals surface area contributed by atoms with Crippen molar-refractivity contribution in [3.8, 4) is 0 Å². The first-order chi connectivity index (χ1) is 12.1. The molecule has 0 spiro atoms. The standard InChI is InChI=1S/C20H31N3O2/c1-2-22-13-7-6-10-18(22)16-21-19(24)23-14-11-20(25,12-15-23)17-8-4-3-5-9-17/h3-5,8-9,18,25H,2,6-7,10-16H2,1H3,(H,21,24). The van der Waals surface area contributed by atoms with Gasteiger partial charge in [0.1, 0.15) is 0 Å². The van der Waals surface area contributed by atoms with E-state index in [1.807, 2.05) is 35.2 Å².